The number of anilines is 1. The van der Waals surface area contributed by atoms with Gasteiger partial charge in [-0.1, -0.05) is 30.3 Å². The Hall–Kier alpha value is -2.43. The number of amides is 1. The van der Waals surface area contributed by atoms with E-state index in [-0.39, 0.29) is 11.9 Å². The van der Waals surface area contributed by atoms with Gasteiger partial charge in [0.1, 0.15) is 5.69 Å². The molecule has 1 saturated carbocycles. The molecule has 1 aliphatic carbocycles. The first kappa shape index (κ1) is 15.5. The zero-order valence-electron chi connectivity index (χ0n) is 13.6. The van der Waals surface area contributed by atoms with Crippen molar-refractivity contribution in [1.82, 2.24) is 14.9 Å². The van der Waals surface area contributed by atoms with Gasteiger partial charge in [0.25, 0.3) is 5.91 Å². The minimum atomic E-state index is -0.0647. The van der Waals surface area contributed by atoms with Crippen molar-refractivity contribution in [2.75, 3.05) is 5.32 Å². The number of benzene rings is 1. The van der Waals surface area contributed by atoms with Gasteiger partial charge < -0.3 is 10.2 Å². The molecule has 1 amide bonds. The third-order valence-corrected chi connectivity index (χ3v) is 3.87. The van der Waals surface area contributed by atoms with Crippen LogP contribution >= 0.6 is 0 Å². The lowest BCUT2D eigenvalue weighted by Crippen LogP contribution is -2.37. The number of aromatic nitrogens is 2. The molecule has 1 fully saturated rings. The van der Waals surface area contributed by atoms with Crippen molar-refractivity contribution >= 4 is 11.9 Å². The second-order valence-corrected chi connectivity index (χ2v) is 6.20. The van der Waals surface area contributed by atoms with Crippen molar-refractivity contribution < 1.29 is 4.79 Å². The van der Waals surface area contributed by atoms with Crippen LogP contribution in [0, 0.1) is 0 Å². The van der Waals surface area contributed by atoms with Crippen LogP contribution in [0.15, 0.2) is 42.6 Å². The zero-order chi connectivity index (χ0) is 16.2. The fourth-order valence-electron chi connectivity index (χ4n) is 2.37. The summed E-state index contributed by atoms with van der Waals surface area (Å²) in [4.78, 5) is 23.3. The van der Waals surface area contributed by atoms with Crippen LogP contribution < -0.4 is 5.32 Å². The van der Waals surface area contributed by atoms with Crippen molar-refractivity contribution in [2.24, 2.45) is 0 Å². The molecule has 1 aromatic carbocycles. The molecule has 0 spiro atoms. The first-order valence-corrected chi connectivity index (χ1v) is 8.08. The smallest absolute Gasteiger partial charge is 0.273 e. The Morgan fingerprint density at radius 2 is 2.00 bits per heavy atom. The van der Waals surface area contributed by atoms with Crippen molar-refractivity contribution in [3.63, 3.8) is 0 Å². The molecule has 0 saturated heterocycles. The van der Waals surface area contributed by atoms with Crippen molar-refractivity contribution in [1.29, 1.82) is 0 Å². The van der Waals surface area contributed by atoms with Gasteiger partial charge in [0.2, 0.25) is 5.95 Å². The second-order valence-electron chi connectivity index (χ2n) is 6.20. The summed E-state index contributed by atoms with van der Waals surface area (Å²) in [6.45, 7) is 4.61. The highest BCUT2D eigenvalue weighted by atomic mass is 16.2. The summed E-state index contributed by atoms with van der Waals surface area (Å²) >= 11 is 0. The van der Waals surface area contributed by atoms with Gasteiger partial charge in [0.05, 0.1) is 0 Å². The predicted octanol–water partition coefficient (Wildman–Crippen LogP) is 3.10. The molecular weight excluding hydrogens is 288 g/mol. The van der Waals surface area contributed by atoms with Gasteiger partial charge in [-0.25, -0.2) is 9.97 Å². The summed E-state index contributed by atoms with van der Waals surface area (Å²) < 4.78 is 0. The lowest BCUT2D eigenvalue weighted by atomic mass is 10.1. The van der Waals surface area contributed by atoms with Gasteiger partial charge in [-0.2, -0.15) is 0 Å². The molecule has 0 atom stereocenters. The maximum Gasteiger partial charge on any atom is 0.273 e. The normalized spacial score (nSPS) is 13.9. The Morgan fingerprint density at radius 1 is 1.26 bits per heavy atom. The molecule has 3 rings (SSSR count). The molecular formula is C18H22N4O. The Morgan fingerprint density at radius 3 is 2.65 bits per heavy atom. The third kappa shape index (κ3) is 4.06. The van der Waals surface area contributed by atoms with Gasteiger partial charge in [-0.05, 0) is 38.3 Å². The number of nitrogens with zero attached hydrogens (tertiary/aromatic N) is 3. The molecule has 0 radical (unpaired) electrons. The molecule has 1 aliphatic rings. The number of rotatable bonds is 6. The van der Waals surface area contributed by atoms with Crippen LogP contribution in [-0.4, -0.2) is 32.9 Å². The van der Waals surface area contributed by atoms with Crippen LogP contribution in [0.4, 0.5) is 5.95 Å². The van der Waals surface area contributed by atoms with Crippen LogP contribution in [-0.2, 0) is 6.54 Å². The molecule has 1 heterocycles. The summed E-state index contributed by atoms with van der Waals surface area (Å²) in [7, 11) is 0. The number of carbonyl (C=O) groups excluding carboxylic acids is 1. The number of nitrogens with one attached hydrogen (secondary N) is 1. The molecule has 5 nitrogen and oxygen atoms in total. The Balaban J connectivity index is 1.77. The van der Waals surface area contributed by atoms with Crippen molar-refractivity contribution in [2.45, 2.75) is 45.3 Å². The van der Waals surface area contributed by atoms with E-state index >= 15 is 0 Å². The predicted molar refractivity (Wildman–Crippen MR) is 90.1 cm³/mol. The number of hydrogen-bond acceptors (Lipinski definition) is 4. The minimum absolute atomic E-state index is 0.0647. The van der Waals surface area contributed by atoms with Gasteiger partial charge in [0, 0.05) is 24.8 Å². The Kier molecular flexibility index (Phi) is 4.55. The van der Waals surface area contributed by atoms with Gasteiger partial charge >= 0.3 is 0 Å². The molecule has 1 N–H and O–H groups in total. The average Bonchev–Trinajstić information content (AvgIpc) is 3.37. The van der Waals surface area contributed by atoms with E-state index in [2.05, 4.69) is 15.3 Å². The largest absolute Gasteiger partial charge is 0.351 e. The average molecular weight is 310 g/mol. The lowest BCUT2D eigenvalue weighted by molar-refractivity contribution is 0.0684. The van der Waals surface area contributed by atoms with E-state index in [9.17, 15) is 4.79 Å². The minimum Gasteiger partial charge on any atom is -0.351 e. The van der Waals surface area contributed by atoms with Crippen molar-refractivity contribution in [3.05, 3.63) is 53.9 Å². The van der Waals surface area contributed by atoms with E-state index in [0.29, 0.717) is 24.2 Å². The first-order chi connectivity index (χ1) is 11.1. The fraction of sp³-hybridized carbons (Fsp3) is 0.389. The van der Waals surface area contributed by atoms with Gasteiger partial charge in [0.15, 0.2) is 0 Å². The molecule has 1 aromatic heterocycles. The maximum atomic E-state index is 12.9. The molecule has 0 unspecified atom stereocenters. The van der Waals surface area contributed by atoms with E-state index in [4.69, 9.17) is 0 Å². The van der Waals surface area contributed by atoms with Crippen LogP contribution in [0.5, 0.6) is 0 Å². The highest BCUT2D eigenvalue weighted by Crippen LogP contribution is 2.23. The van der Waals surface area contributed by atoms with E-state index in [1.165, 1.54) is 0 Å². The molecule has 0 bridgehead atoms. The summed E-state index contributed by atoms with van der Waals surface area (Å²) in [6.07, 6.45) is 3.94. The molecule has 120 valence electrons. The summed E-state index contributed by atoms with van der Waals surface area (Å²) in [5, 5.41) is 3.24. The summed E-state index contributed by atoms with van der Waals surface area (Å²) in [5.41, 5.74) is 1.55. The van der Waals surface area contributed by atoms with E-state index in [1.54, 1.807) is 12.3 Å². The van der Waals surface area contributed by atoms with Gasteiger partial charge in [-0.15, -0.1) is 0 Å². The molecule has 23 heavy (non-hydrogen) atoms. The quantitative estimate of drug-likeness (QED) is 0.890. The molecule has 2 aromatic rings. The number of carbonyl (C=O) groups is 1. The Labute approximate surface area is 136 Å². The van der Waals surface area contributed by atoms with Crippen LogP contribution in [0.3, 0.4) is 0 Å². The molecule has 0 aliphatic heterocycles. The van der Waals surface area contributed by atoms with E-state index in [1.807, 2.05) is 49.1 Å². The molecule has 5 heteroatoms. The highest BCUT2D eigenvalue weighted by molar-refractivity contribution is 5.92. The summed E-state index contributed by atoms with van der Waals surface area (Å²) in [5.74, 6) is 0.479. The standard InChI is InChI=1S/C18H22N4O/c1-13(2)22(12-14-6-4-3-5-7-14)17(23)16-10-11-19-18(21-16)20-15-8-9-15/h3-7,10-11,13,15H,8-9,12H2,1-2H3,(H,19,20,21). The Bertz CT molecular complexity index is 668. The van der Waals surface area contributed by atoms with Gasteiger partial charge in [-0.3, -0.25) is 4.79 Å². The topological polar surface area (TPSA) is 58.1 Å². The monoisotopic (exact) mass is 310 g/mol. The van der Waals surface area contributed by atoms with Crippen LogP contribution in [0.25, 0.3) is 0 Å². The lowest BCUT2D eigenvalue weighted by Gasteiger charge is -2.26. The number of hydrogen-bond donors (Lipinski definition) is 1. The maximum absolute atomic E-state index is 12.9. The third-order valence-electron chi connectivity index (χ3n) is 3.87. The highest BCUT2D eigenvalue weighted by Gasteiger charge is 2.24. The SMILES string of the molecule is CC(C)N(Cc1ccccc1)C(=O)c1ccnc(NC2CC2)n1. The van der Waals surface area contributed by atoms with Crippen molar-refractivity contribution in [3.8, 4) is 0 Å². The zero-order valence-corrected chi connectivity index (χ0v) is 13.6. The van der Waals surface area contributed by atoms with E-state index in [0.717, 1.165) is 18.4 Å². The summed E-state index contributed by atoms with van der Waals surface area (Å²) in [6, 6.07) is 12.3. The van der Waals surface area contributed by atoms with E-state index < -0.39 is 0 Å². The van der Waals surface area contributed by atoms with Crippen LogP contribution in [0.2, 0.25) is 0 Å². The first-order valence-electron chi connectivity index (χ1n) is 8.08. The fourth-order valence-corrected chi connectivity index (χ4v) is 2.37. The van der Waals surface area contributed by atoms with Crippen LogP contribution in [0.1, 0.15) is 42.7 Å². The second kappa shape index (κ2) is 6.77.